The SMILES string of the molecule is CCCNc1nccnc1Cc1nc2ccccc2s1. The van der Waals surface area contributed by atoms with Crippen LogP contribution in [0.3, 0.4) is 0 Å². The van der Waals surface area contributed by atoms with Crippen molar-refractivity contribution in [3.8, 4) is 0 Å². The summed E-state index contributed by atoms with van der Waals surface area (Å²) in [6.45, 7) is 3.04. The van der Waals surface area contributed by atoms with Crippen molar-refractivity contribution in [3.63, 3.8) is 0 Å². The molecule has 2 aromatic heterocycles. The number of aromatic nitrogens is 3. The molecule has 2 heterocycles. The van der Waals surface area contributed by atoms with Crippen molar-refractivity contribution in [2.75, 3.05) is 11.9 Å². The third-order valence-electron chi connectivity index (χ3n) is 2.97. The first-order valence-electron chi connectivity index (χ1n) is 6.75. The van der Waals surface area contributed by atoms with Gasteiger partial charge < -0.3 is 5.32 Å². The van der Waals surface area contributed by atoms with Crippen LogP contribution in [0.25, 0.3) is 10.2 Å². The highest BCUT2D eigenvalue weighted by molar-refractivity contribution is 7.18. The molecule has 0 aliphatic rings. The first kappa shape index (κ1) is 13.0. The first-order valence-corrected chi connectivity index (χ1v) is 7.56. The molecule has 0 saturated heterocycles. The second-order valence-corrected chi connectivity index (χ2v) is 5.65. The molecule has 0 saturated carbocycles. The Bertz CT molecular complexity index is 675. The van der Waals surface area contributed by atoms with E-state index in [4.69, 9.17) is 0 Å². The maximum Gasteiger partial charge on any atom is 0.148 e. The third-order valence-corrected chi connectivity index (χ3v) is 4.01. The van der Waals surface area contributed by atoms with Crippen molar-refractivity contribution >= 4 is 27.4 Å². The van der Waals surface area contributed by atoms with Crippen molar-refractivity contribution in [2.24, 2.45) is 0 Å². The molecule has 0 unspecified atom stereocenters. The quantitative estimate of drug-likeness (QED) is 0.779. The fourth-order valence-electron chi connectivity index (χ4n) is 2.03. The smallest absolute Gasteiger partial charge is 0.148 e. The first-order chi connectivity index (χ1) is 9.86. The highest BCUT2D eigenvalue weighted by Crippen LogP contribution is 2.24. The lowest BCUT2D eigenvalue weighted by Crippen LogP contribution is -2.07. The van der Waals surface area contributed by atoms with E-state index in [9.17, 15) is 0 Å². The predicted molar refractivity (Wildman–Crippen MR) is 83.2 cm³/mol. The molecule has 0 fully saturated rings. The number of benzene rings is 1. The molecule has 3 aromatic rings. The van der Waals surface area contributed by atoms with Crippen LogP contribution >= 0.6 is 11.3 Å². The van der Waals surface area contributed by atoms with Gasteiger partial charge >= 0.3 is 0 Å². The Balaban J connectivity index is 1.86. The topological polar surface area (TPSA) is 50.7 Å². The molecule has 4 nitrogen and oxygen atoms in total. The van der Waals surface area contributed by atoms with E-state index in [0.29, 0.717) is 0 Å². The number of nitrogens with one attached hydrogen (secondary N) is 1. The number of rotatable bonds is 5. The van der Waals surface area contributed by atoms with Gasteiger partial charge in [0.05, 0.1) is 20.9 Å². The zero-order valence-corrected chi connectivity index (χ0v) is 12.2. The zero-order valence-electron chi connectivity index (χ0n) is 11.3. The number of hydrogen-bond donors (Lipinski definition) is 1. The fourth-order valence-corrected chi connectivity index (χ4v) is 3.00. The Morgan fingerprint density at radius 3 is 2.85 bits per heavy atom. The van der Waals surface area contributed by atoms with Gasteiger partial charge in [-0.3, -0.25) is 4.98 Å². The number of fused-ring (bicyclic) bond motifs is 1. The van der Waals surface area contributed by atoms with Crippen LogP contribution < -0.4 is 5.32 Å². The summed E-state index contributed by atoms with van der Waals surface area (Å²) < 4.78 is 1.22. The van der Waals surface area contributed by atoms with Crippen molar-refractivity contribution < 1.29 is 0 Å². The Morgan fingerprint density at radius 1 is 1.15 bits per heavy atom. The van der Waals surface area contributed by atoms with Crippen LogP contribution in [-0.2, 0) is 6.42 Å². The number of hydrogen-bond acceptors (Lipinski definition) is 5. The number of para-hydroxylation sites is 1. The van der Waals surface area contributed by atoms with Crippen molar-refractivity contribution in [1.29, 1.82) is 0 Å². The van der Waals surface area contributed by atoms with E-state index in [1.807, 2.05) is 18.2 Å². The maximum atomic E-state index is 4.65. The van der Waals surface area contributed by atoms with E-state index in [-0.39, 0.29) is 0 Å². The van der Waals surface area contributed by atoms with Gasteiger partial charge in [0.15, 0.2) is 0 Å². The van der Waals surface area contributed by atoms with Gasteiger partial charge in [-0.25, -0.2) is 9.97 Å². The summed E-state index contributed by atoms with van der Waals surface area (Å²) in [6, 6.07) is 8.20. The molecular weight excluding hydrogens is 268 g/mol. The molecule has 0 bridgehead atoms. The molecule has 20 heavy (non-hydrogen) atoms. The molecule has 3 rings (SSSR count). The molecule has 0 amide bonds. The van der Waals surface area contributed by atoms with E-state index in [1.165, 1.54) is 4.70 Å². The summed E-state index contributed by atoms with van der Waals surface area (Å²) in [5, 5.41) is 4.40. The monoisotopic (exact) mass is 284 g/mol. The predicted octanol–water partition coefficient (Wildman–Crippen LogP) is 3.50. The average molecular weight is 284 g/mol. The number of anilines is 1. The van der Waals surface area contributed by atoms with Crippen molar-refractivity contribution in [1.82, 2.24) is 15.0 Å². The Hall–Kier alpha value is -2.01. The van der Waals surface area contributed by atoms with Gasteiger partial charge in [-0.15, -0.1) is 11.3 Å². The molecule has 0 atom stereocenters. The van der Waals surface area contributed by atoms with Gasteiger partial charge in [0.2, 0.25) is 0 Å². The Kier molecular flexibility index (Phi) is 3.87. The second kappa shape index (κ2) is 5.96. The summed E-state index contributed by atoms with van der Waals surface area (Å²) in [7, 11) is 0. The van der Waals surface area contributed by atoms with Crippen LogP contribution in [0.4, 0.5) is 5.82 Å². The van der Waals surface area contributed by atoms with E-state index >= 15 is 0 Å². The van der Waals surface area contributed by atoms with Gasteiger partial charge in [-0.2, -0.15) is 0 Å². The standard InChI is InChI=1S/C15H16N4S/c1-2-7-17-15-12(16-8-9-18-15)10-14-19-11-5-3-4-6-13(11)20-14/h3-6,8-9H,2,7,10H2,1H3,(H,17,18). The minimum Gasteiger partial charge on any atom is -0.369 e. The summed E-state index contributed by atoms with van der Waals surface area (Å²) in [6.07, 6.45) is 5.25. The molecule has 1 aromatic carbocycles. The van der Waals surface area contributed by atoms with Crippen molar-refractivity contribution in [3.05, 3.63) is 47.4 Å². The van der Waals surface area contributed by atoms with Gasteiger partial charge in [0.1, 0.15) is 5.82 Å². The van der Waals surface area contributed by atoms with Gasteiger partial charge in [-0.1, -0.05) is 19.1 Å². The summed E-state index contributed by atoms with van der Waals surface area (Å²) in [5.41, 5.74) is 2.01. The lowest BCUT2D eigenvalue weighted by molar-refractivity contribution is 0.942. The fraction of sp³-hybridized carbons (Fsp3) is 0.267. The van der Waals surface area contributed by atoms with Crippen LogP contribution in [0.2, 0.25) is 0 Å². The largest absolute Gasteiger partial charge is 0.369 e. The molecule has 0 spiro atoms. The summed E-state index contributed by atoms with van der Waals surface area (Å²) >= 11 is 1.72. The lowest BCUT2D eigenvalue weighted by Gasteiger charge is -2.07. The van der Waals surface area contributed by atoms with E-state index in [0.717, 1.165) is 41.4 Å². The normalized spacial score (nSPS) is 10.8. The lowest BCUT2D eigenvalue weighted by atomic mass is 10.3. The van der Waals surface area contributed by atoms with E-state index in [2.05, 4.69) is 33.3 Å². The third kappa shape index (κ3) is 2.77. The highest BCUT2D eigenvalue weighted by atomic mass is 32.1. The summed E-state index contributed by atoms with van der Waals surface area (Å²) in [5.74, 6) is 0.869. The van der Waals surface area contributed by atoms with Crippen LogP contribution in [0.1, 0.15) is 24.0 Å². The van der Waals surface area contributed by atoms with E-state index in [1.54, 1.807) is 23.7 Å². The zero-order chi connectivity index (χ0) is 13.8. The number of thiazole rings is 1. The second-order valence-electron chi connectivity index (χ2n) is 4.53. The summed E-state index contributed by atoms with van der Waals surface area (Å²) in [4.78, 5) is 13.5. The van der Waals surface area contributed by atoms with Crippen LogP contribution in [0, 0.1) is 0 Å². The molecule has 0 aliphatic heterocycles. The van der Waals surface area contributed by atoms with Gasteiger partial charge in [0.25, 0.3) is 0 Å². The maximum absolute atomic E-state index is 4.65. The van der Waals surface area contributed by atoms with Crippen molar-refractivity contribution in [2.45, 2.75) is 19.8 Å². The molecule has 5 heteroatoms. The van der Waals surface area contributed by atoms with Crippen LogP contribution in [0.5, 0.6) is 0 Å². The van der Waals surface area contributed by atoms with Gasteiger partial charge in [-0.05, 0) is 18.6 Å². The molecule has 0 aliphatic carbocycles. The molecular formula is C15H16N4S. The van der Waals surface area contributed by atoms with Crippen LogP contribution in [-0.4, -0.2) is 21.5 Å². The minimum absolute atomic E-state index is 0.721. The molecule has 1 N–H and O–H groups in total. The van der Waals surface area contributed by atoms with Gasteiger partial charge in [0, 0.05) is 25.4 Å². The van der Waals surface area contributed by atoms with E-state index < -0.39 is 0 Å². The molecule has 102 valence electrons. The van der Waals surface area contributed by atoms with Crippen LogP contribution in [0.15, 0.2) is 36.7 Å². The highest BCUT2D eigenvalue weighted by Gasteiger charge is 2.09. The average Bonchev–Trinajstić information content (AvgIpc) is 2.88. The Labute approximate surface area is 121 Å². The molecule has 0 radical (unpaired) electrons. The Morgan fingerprint density at radius 2 is 2.00 bits per heavy atom. The number of nitrogens with zero attached hydrogens (tertiary/aromatic N) is 3. The minimum atomic E-state index is 0.721.